The van der Waals surface area contributed by atoms with Gasteiger partial charge in [0, 0.05) is 6.54 Å². The predicted octanol–water partition coefficient (Wildman–Crippen LogP) is 1.83. The minimum atomic E-state index is -0.468. The number of ether oxygens (including phenoxy) is 1. The fourth-order valence-electron chi connectivity index (χ4n) is 1.77. The second-order valence-electron chi connectivity index (χ2n) is 3.84. The molecule has 1 fully saturated rings. The van der Waals surface area contributed by atoms with Crippen LogP contribution in [-0.4, -0.2) is 19.2 Å². The summed E-state index contributed by atoms with van der Waals surface area (Å²) in [5.74, 6) is -0.239. The van der Waals surface area contributed by atoms with E-state index in [1.54, 1.807) is 6.07 Å². The zero-order chi connectivity index (χ0) is 11.4. The Kier molecular flexibility index (Phi) is 3.37. The summed E-state index contributed by atoms with van der Waals surface area (Å²) in [5.41, 5.74) is 0.312. The van der Waals surface area contributed by atoms with E-state index in [-0.39, 0.29) is 11.9 Å². The molecule has 0 aliphatic carbocycles. The number of nitrogens with zero attached hydrogens (tertiary/aromatic N) is 1. The van der Waals surface area contributed by atoms with E-state index < -0.39 is 5.82 Å². The van der Waals surface area contributed by atoms with Crippen molar-refractivity contribution in [1.29, 1.82) is 5.26 Å². The Labute approximate surface area is 93.8 Å². The Bertz CT molecular complexity index is 408. The first-order valence-corrected chi connectivity index (χ1v) is 5.36. The molecule has 0 unspecified atom stereocenters. The molecule has 0 spiro atoms. The van der Waals surface area contributed by atoms with E-state index in [1.807, 2.05) is 6.07 Å². The largest absolute Gasteiger partial charge is 0.486 e. The van der Waals surface area contributed by atoms with Gasteiger partial charge in [-0.2, -0.15) is 5.26 Å². The summed E-state index contributed by atoms with van der Waals surface area (Å²) in [6.45, 7) is 1.75. The fraction of sp³-hybridized carbons (Fsp3) is 0.417. The summed E-state index contributed by atoms with van der Waals surface area (Å²) in [6, 6.07) is 6.17. The molecule has 16 heavy (non-hydrogen) atoms. The molecule has 1 saturated heterocycles. The van der Waals surface area contributed by atoms with Gasteiger partial charge in [-0.25, -0.2) is 4.39 Å². The first-order chi connectivity index (χ1) is 7.79. The third-order valence-electron chi connectivity index (χ3n) is 2.61. The second-order valence-corrected chi connectivity index (χ2v) is 3.84. The zero-order valence-corrected chi connectivity index (χ0v) is 8.87. The van der Waals surface area contributed by atoms with Crippen molar-refractivity contribution in [2.24, 2.45) is 0 Å². The summed E-state index contributed by atoms with van der Waals surface area (Å²) < 4.78 is 19.0. The monoisotopic (exact) mass is 220 g/mol. The minimum absolute atomic E-state index is 0.0242. The average molecular weight is 220 g/mol. The van der Waals surface area contributed by atoms with E-state index in [0.717, 1.165) is 25.9 Å². The molecule has 1 aliphatic rings. The summed E-state index contributed by atoms with van der Waals surface area (Å²) >= 11 is 0. The number of halogens is 1. The molecule has 0 saturated carbocycles. The average Bonchev–Trinajstić information content (AvgIpc) is 2.33. The zero-order valence-electron chi connectivity index (χ0n) is 8.87. The Morgan fingerprint density at radius 1 is 1.50 bits per heavy atom. The normalized spacial score (nSPS) is 20.1. The van der Waals surface area contributed by atoms with Crippen LogP contribution in [0.1, 0.15) is 18.4 Å². The van der Waals surface area contributed by atoms with Crippen LogP contribution in [-0.2, 0) is 0 Å². The molecule has 0 bridgehead atoms. The molecular weight excluding hydrogens is 207 g/mol. The van der Waals surface area contributed by atoms with E-state index >= 15 is 0 Å². The first-order valence-electron chi connectivity index (χ1n) is 5.36. The molecule has 1 atom stereocenters. The van der Waals surface area contributed by atoms with Crippen LogP contribution in [0.3, 0.4) is 0 Å². The topological polar surface area (TPSA) is 45.0 Å². The molecular formula is C12H13FN2O. The Morgan fingerprint density at radius 2 is 2.38 bits per heavy atom. The highest BCUT2D eigenvalue weighted by Crippen LogP contribution is 2.21. The molecule has 84 valence electrons. The number of benzene rings is 1. The van der Waals surface area contributed by atoms with Gasteiger partial charge in [-0.1, -0.05) is 0 Å². The summed E-state index contributed by atoms with van der Waals surface area (Å²) in [6.07, 6.45) is 2.01. The van der Waals surface area contributed by atoms with Crippen LogP contribution < -0.4 is 10.1 Å². The third-order valence-corrected chi connectivity index (χ3v) is 2.61. The lowest BCUT2D eigenvalue weighted by atomic mass is 10.1. The lowest BCUT2D eigenvalue weighted by molar-refractivity contribution is 0.160. The number of hydrogen-bond acceptors (Lipinski definition) is 3. The Hall–Kier alpha value is -1.60. The van der Waals surface area contributed by atoms with E-state index in [1.165, 1.54) is 12.1 Å². The van der Waals surface area contributed by atoms with Gasteiger partial charge in [0.25, 0.3) is 0 Å². The van der Waals surface area contributed by atoms with Gasteiger partial charge in [-0.3, -0.25) is 0 Å². The number of piperidine rings is 1. The van der Waals surface area contributed by atoms with E-state index in [2.05, 4.69) is 5.32 Å². The first kappa shape index (κ1) is 10.9. The van der Waals surface area contributed by atoms with Gasteiger partial charge in [-0.05, 0) is 37.6 Å². The van der Waals surface area contributed by atoms with Gasteiger partial charge < -0.3 is 10.1 Å². The van der Waals surface area contributed by atoms with Crippen molar-refractivity contribution >= 4 is 0 Å². The minimum Gasteiger partial charge on any atom is -0.486 e. The molecule has 0 amide bonds. The van der Waals surface area contributed by atoms with Crippen molar-refractivity contribution in [3.8, 4) is 11.8 Å². The lowest BCUT2D eigenvalue weighted by Crippen LogP contribution is -2.37. The highest BCUT2D eigenvalue weighted by atomic mass is 19.1. The molecule has 1 aromatic carbocycles. The Morgan fingerprint density at radius 3 is 3.00 bits per heavy atom. The van der Waals surface area contributed by atoms with Crippen molar-refractivity contribution < 1.29 is 9.13 Å². The number of nitriles is 1. The maximum atomic E-state index is 13.5. The summed E-state index contributed by atoms with van der Waals surface area (Å²) in [5, 5.41) is 11.8. The molecule has 1 heterocycles. The van der Waals surface area contributed by atoms with Gasteiger partial charge in [0.15, 0.2) is 11.6 Å². The smallest absolute Gasteiger partial charge is 0.166 e. The van der Waals surface area contributed by atoms with Crippen LogP contribution in [0.2, 0.25) is 0 Å². The molecule has 3 nitrogen and oxygen atoms in total. The SMILES string of the molecule is N#Cc1ccc(O[C@H]2CCCNC2)c(F)c1. The Balaban J connectivity index is 2.06. The quantitative estimate of drug-likeness (QED) is 0.827. The second kappa shape index (κ2) is 4.95. The summed E-state index contributed by atoms with van der Waals surface area (Å²) in [7, 11) is 0. The van der Waals surface area contributed by atoms with Crippen molar-refractivity contribution in [1.82, 2.24) is 5.32 Å². The van der Waals surface area contributed by atoms with Crippen LogP contribution in [0.5, 0.6) is 5.75 Å². The van der Waals surface area contributed by atoms with Crippen molar-refractivity contribution in [2.45, 2.75) is 18.9 Å². The number of nitrogens with one attached hydrogen (secondary N) is 1. The van der Waals surface area contributed by atoms with Crippen LogP contribution in [0.15, 0.2) is 18.2 Å². The van der Waals surface area contributed by atoms with E-state index in [4.69, 9.17) is 10.00 Å². The predicted molar refractivity (Wildman–Crippen MR) is 57.6 cm³/mol. The fourth-order valence-corrected chi connectivity index (χ4v) is 1.77. The number of hydrogen-bond donors (Lipinski definition) is 1. The maximum Gasteiger partial charge on any atom is 0.166 e. The van der Waals surface area contributed by atoms with Crippen molar-refractivity contribution in [2.75, 3.05) is 13.1 Å². The van der Waals surface area contributed by atoms with Gasteiger partial charge in [0.2, 0.25) is 0 Å². The highest BCUT2D eigenvalue weighted by molar-refractivity contribution is 5.36. The number of rotatable bonds is 2. The van der Waals surface area contributed by atoms with Crippen LogP contribution in [0.25, 0.3) is 0 Å². The van der Waals surface area contributed by atoms with Crippen LogP contribution in [0.4, 0.5) is 4.39 Å². The van der Waals surface area contributed by atoms with Crippen molar-refractivity contribution in [3.63, 3.8) is 0 Å². The molecule has 2 rings (SSSR count). The molecule has 1 N–H and O–H groups in total. The van der Waals surface area contributed by atoms with Crippen LogP contribution in [0, 0.1) is 17.1 Å². The third kappa shape index (κ3) is 2.50. The highest BCUT2D eigenvalue weighted by Gasteiger charge is 2.16. The molecule has 1 aromatic rings. The van der Waals surface area contributed by atoms with E-state index in [9.17, 15) is 4.39 Å². The van der Waals surface area contributed by atoms with Gasteiger partial charge in [-0.15, -0.1) is 0 Å². The summed E-state index contributed by atoms with van der Waals surface area (Å²) in [4.78, 5) is 0. The van der Waals surface area contributed by atoms with Gasteiger partial charge in [0.05, 0.1) is 11.6 Å². The standard InChI is InChI=1S/C12H13FN2O/c13-11-6-9(7-14)3-4-12(11)16-10-2-1-5-15-8-10/h3-4,6,10,15H,1-2,5,8H2/t10-/m0/s1. The molecule has 4 heteroatoms. The van der Waals surface area contributed by atoms with Crippen LogP contribution >= 0.6 is 0 Å². The molecule has 1 aliphatic heterocycles. The van der Waals surface area contributed by atoms with Gasteiger partial charge in [0.1, 0.15) is 6.10 Å². The molecule has 0 aromatic heterocycles. The molecule has 0 radical (unpaired) electrons. The lowest BCUT2D eigenvalue weighted by Gasteiger charge is -2.24. The van der Waals surface area contributed by atoms with Gasteiger partial charge >= 0.3 is 0 Å². The van der Waals surface area contributed by atoms with Crippen molar-refractivity contribution in [3.05, 3.63) is 29.6 Å². The maximum absolute atomic E-state index is 13.5. The van der Waals surface area contributed by atoms with E-state index in [0.29, 0.717) is 5.56 Å².